The molecule has 0 radical (unpaired) electrons. The number of β-lactam (4-membered cyclic amide) rings is 1. The lowest BCUT2D eigenvalue weighted by atomic mass is 9.89. The van der Waals surface area contributed by atoms with Crippen LogP contribution in [0.25, 0.3) is 0 Å². The molecule has 1 aliphatic rings. The van der Waals surface area contributed by atoms with Gasteiger partial charge in [-0.3, -0.25) is 14.5 Å². The van der Waals surface area contributed by atoms with Gasteiger partial charge in [0.25, 0.3) is 5.91 Å². The van der Waals surface area contributed by atoms with Crippen molar-refractivity contribution in [3.63, 3.8) is 0 Å². The summed E-state index contributed by atoms with van der Waals surface area (Å²) in [5.41, 5.74) is 2.71. The second-order valence-corrected chi connectivity index (χ2v) is 6.77. The number of aryl methyl sites for hydroxylation is 1. The molecule has 130 valence electrons. The van der Waals surface area contributed by atoms with Gasteiger partial charge in [-0.15, -0.1) is 0 Å². The summed E-state index contributed by atoms with van der Waals surface area (Å²) < 4.78 is 11.3. The molecule has 1 aliphatic heterocycles. The number of hydrogen-bond donors (Lipinski definition) is 0. The monoisotopic (exact) mass is 403 g/mol. The van der Waals surface area contributed by atoms with Gasteiger partial charge < -0.3 is 9.47 Å². The zero-order valence-corrected chi connectivity index (χ0v) is 15.7. The molecular formula is C19H18BrNO4. The van der Waals surface area contributed by atoms with E-state index in [4.69, 9.17) is 9.47 Å². The number of halogens is 1. The molecule has 0 aromatic heterocycles. The molecule has 1 fully saturated rings. The zero-order chi connectivity index (χ0) is 18.1. The molecule has 1 saturated heterocycles. The second-order valence-electron chi connectivity index (χ2n) is 5.91. The highest BCUT2D eigenvalue weighted by molar-refractivity contribution is 9.10. The van der Waals surface area contributed by atoms with Crippen LogP contribution in [-0.2, 0) is 14.3 Å². The molecule has 6 heteroatoms. The number of rotatable bonds is 4. The van der Waals surface area contributed by atoms with Crippen LogP contribution in [-0.4, -0.2) is 25.1 Å². The van der Waals surface area contributed by atoms with Crippen LogP contribution in [0.5, 0.6) is 5.75 Å². The summed E-state index contributed by atoms with van der Waals surface area (Å²) in [5, 5.41) is 0. The van der Waals surface area contributed by atoms with Gasteiger partial charge in [-0.05, 0) is 58.2 Å². The van der Waals surface area contributed by atoms with Crippen LogP contribution in [0.1, 0.15) is 24.1 Å². The van der Waals surface area contributed by atoms with Gasteiger partial charge >= 0.3 is 5.97 Å². The Balaban J connectivity index is 2.00. The lowest BCUT2D eigenvalue weighted by molar-refractivity contribution is -0.160. The first kappa shape index (κ1) is 17.5. The molecule has 0 N–H and O–H groups in total. The third-order valence-corrected chi connectivity index (χ3v) is 4.79. The van der Waals surface area contributed by atoms with Crippen LogP contribution in [0.15, 0.2) is 46.9 Å². The minimum atomic E-state index is -0.820. The molecule has 1 amide bonds. The Morgan fingerprint density at radius 3 is 2.40 bits per heavy atom. The molecule has 2 atom stereocenters. The van der Waals surface area contributed by atoms with E-state index in [1.54, 1.807) is 12.0 Å². The maximum Gasteiger partial charge on any atom is 0.303 e. The van der Waals surface area contributed by atoms with Crippen molar-refractivity contribution in [2.24, 2.45) is 0 Å². The Morgan fingerprint density at radius 2 is 1.84 bits per heavy atom. The van der Waals surface area contributed by atoms with Crippen molar-refractivity contribution in [1.82, 2.24) is 0 Å². The fourth-order valence-electron chi connectivity index (χ4n) is 2.96. The summed E-state index contributed by atoms with van der Waals surface area (Å²) in [6.07, 6.45) is -0.820. The number of carbonyl (C=O) groups excluding carboxylic acids is 2. The highest BCUT2D eigenvalue weighted by atomic mass is 79.9. The normalized spacial score (nSPS) is 19.4. The van der Waals surface area contributed by atoms with Crippen molar-refractivity contribution < 1.29 is 19.1 Å². The minimum absolute atomic E-state index is 0.236. The summed E-state index contributed by atoms with van der Waals surface area (Å²) in [7, 11) is 1.60. The van der Waals surface area contributed by atoms with E-state index in [0.29, 0.717) is 0 Å². The quantitative estimate of drug-likeness (QED) is 0.575. The van der Waals surface area contributed by atoms with Gasteiger partial charge in [-0.1, -0.05) is 18.2 Å². The highest BCUT2D eigenvalue weighted by Gasteiger charge is 2.51. The van der Waals surface area contributed by atoms with Crippen molar-refractivity contribution in [2.45, 2.75) is 26.0 Å². The first-order valence-electron chi connectivity index (χ1n) is 7.82. The smallest absolute Gasteiger partial charge is 0.303 e. The first-order chi connectivity index (χ1) is 11.9. The third kappa shape index (κ3) is 3.26. The van der Waals surface area contributed by atoms with Gasteiger partial charge in [0.2, 0.25) is 6.10 Å². The number of esters is 1. The second kappa shape index (κ2) is 6.88. The fraction of sp³-hybridized carbons (Fsp3) is 0.263. The topological polar surface area (TPSA) is 55.8 Å². The van der Waals surface area contributed by atoms with Crippen molar-refractivity contribution in [2.75, 3.05) is 12.0 Å². The Morgan fingerprint density at radius 1 is 1.16 bits per heavy atom. The number of amides is 1. The fourth-order valence-corrected chi connectivity index (χ4v) is 3.64. The SMILES string of the molecule is COc1ccc([C@@H]2[C@@H](OC(C)=O)C(=O)N2c2ccc(C)cc2Br)cc1. The molecule has 2 aromatic carbocycles. The van der Waals surface area contributed by atoms with Crippen LogP contribution in [0.4, 0.5) is 5.69 Å². The van der Waals surface area contributed by atoms with Gasteiger partial charge in [0.1, 0.15) is 11.8 Å². The van der Waals surface area contributed by atoms with E-state index < -0.39 is 12.1 Å². The number of nitrogens with zero attached hydrogens (tertiary/aromatic N) is 1. The number of ether oxygens (including phenoxy) is 2. The third-order valence-electron chi connectivity index (χ3n) is 4.16. The van der Waals surface area contributed by atoms with E-state index in [9.17, 15) is 9.59 Å². The van der Waals surface area contributed by atoms with Gasteiger partial charge in [-0.25, -0.2) is 0 Å². The Hall–Kier alpha value is -2.34. The standard InChI is InChI=1S/C19H18BrNO4/c1-11-4-9-16(15(20)10-11)21-17(18(19(21)23)25-12(2)22)13-5-7-14(24-3)8-6-13/h4-10,17-18H,1-3H3/t17-,18-/m1/s1. The summed E-state index contributed by atoms with van der Waals surface area (Å²) in [5.74, 6) is 0.0153. The van der Waals surface area contributed by atoms with Gasteiger partial charge in [0.05, 0.1) is 12.8 Å². The van der Waals surface area contributed by atoms with Crippen LogP contribution < -0.4 is 9.64 Å². The summed E-state index contributed by atoms with van der Waals surface area (Å²) in [4.78, 5) is 25.7. The number of methoxy groups -OCH3 is 1. The zero-order valence-electron chi connectivity index (χ0n) is 14.2. The number of carbonyl (C=O) groups is 2. The molecule has 1 heterocycles. The summed E-state index contributed by atoms with van der Waals surface area (Å²) >= 11 is 3.52. The van der Waals surface area contributed by atoms with Crippen molar-refractivity contribution in [3.8, 4) is 5.75 Å². The number of hydrogen-bond acceptors (Lipinski definition) is 4. The lowest BCUT2D eigenvalue weighted by Gasteiger charge is -2.46. The number of benzene rings is 2. The van der Waals surface area contributed by atoms with Crippen LogP contribution >= 0.6 is 15.9 Å². The molecular weight excluding hydrogens is 386 g/mol. The average molecular weight is 404 g/mol. The largest absolute Gasteiger partial charge is 0.497 e. The molecule has 5 nitrogen and oxygen atoms in total. The summed E-state index contributed by atoms with van der Waals surface area (Å²) in [6.45, 7) is 3.29. The molecule has 0 unspecified atom stereocenters. The van der Waals surface area contributed by atoms with E-state index in [1.807, 2.05) is 49.4 Å². The summed E-state index contributed by atoms with van der Waals surface area (Å²) in [6, 6.07) is 12.8. The highest BCUT2D eigenvalue weighted by Crippen LogP contribution is 2.44. The molecule has 0 saturated carbocycles. The average Bonchev–Trinajstić information content (AvgIpc) is 2.58. The van der Waals surface area contributed by atoms with E-state index in [0.717, 1.165) is 27.0 Å². The van der Waals surface area contributed by atoms with E-state index in [-0.39, 0.29) is 11.9 Å². The Kier molecular flexibility index (Phi) is 4.81. The van der Waals surface area contributed by atoms with E-state index in [1.165, 1.54) is 6.92 Å². The minimum Gasteiger partial charge on any atom is -0.497 e. The Labute approximate surface area is 154 Å². The maximum atomic E-state index is 12.6. The lowest BCUT2D eigenvalue weighted by Crippen LogP contribution is -2.60. The van der Waals surface area contributed by atoms with Crippen molar-refractivity contribution >= 4 is 33.5 Å². The van der Waals surface area contributed by atoms with Gasteiger partial charge in [-0.2, -0.15) is 0 Å². The van der Waals surface area contributed by atoms with Crippen molar-refractivity contribution in [3.05, 3.63) is 58.1 Å². The maximum absolute atomic E-state index is 12.6. The predicted molar refractivity (Wildman–Crippen MR) is 97.7 cm³/mol. The van der Waals surface area contributed by atoms with Gasteiger partial charge in [0.15, 0.2) is 0 Å². The van der Waals surface area contributed by atoms with Gasteiger partial charge in [0, 0.05) is 11.4 Å². The molecule has 3 rings (SSSR count). The molecule has 2 aromatic rings. The molecule has 0 aliphatic carbocycles. The molecule has 0 bridgehead atoms. The van der Waals surface area contributed by atoms with Crippen LogP contribution in [0, 0.1) is 6.92 Å². The van der Waals surface area contributed by atoms with E-state index in [2.05, 4.69) is 15.9 Å². The molecule has 0 spiro atoms. The van der Waals surface area contributed by atoms with Crippen LogP contribution in [0.3, 0.4) is 0 Å². The van der Waals surface area contributed by atoms with E-state index >= 15 is 0 Å². The Bertz CT molecular complexity index is 819. The molecule has 25 heavy (non-hydrogen) atoms. The predicted octanol–water partition coefficient (Wildman–Crippen LogP) is 3.79. The number of anilines is 1. The first-order valence-corrected chi connectivity index (χ1v) is 8.62. The van der Waals surface area contributed by atoms with Crippen molar-refractivity contribution in [1.29, 1.82) is 0 Å². The van der Waals surface area contributed by atoms with Crippen LogP contribution in [0.2, 0.25) is 0 Å².